The van der Waals surface area contributed by atoms with Crippen LogP contribution in [0.2, 0.25) is 0 Å². The van der Waals surface area contributed by atoms with Crippen molar-refractivity contribution in [3.05, 3.63) is 33.9 Å². The van der Waals surface area contributed by atoms with E-state index >= 15 is 0 Å². The van der Waals surface area contributed by atoms with Gasteiger partial charge in [-0.15, -0.1) is 0 Å². The van der Waals surface area contributed by atoms with E-state index in [9.17, 15) is 0 Å². The molecule has 0 saturated carbocycles. The molecule has 0 amide bonds. The van der Waals surface area contributed by atoms with Crippen LogP contribution in [0.5, 0.6) is 0 Å². The molecule has 1 rings (SSSR count). The lowest BCUT2D eigenvalue weighted by Gasteiger charge is -2.16. The Morgan fingerprint density at radius 2 is 0.840 bits per heavy atom. The minimum atomic E-state index is 1.28. The third-order valence-electron chi connectivity index (χ3n) is 6.04. The van der Waals surface area contributed by atoms with E-state index in [2.05, 4.69) is 40.7 Å². The number of hydrogen-bond acceptors (Lipinski definition) is 0. The van der Waals surface area contributed by atoms with Gasteiger partial charge in [0.15, 0.2) is 0 Å². The smallest absolute Gasteiger partial charge is 0.0276 e. The number of aryl methyl sites for hydroxylation is 2. The van der Waals surface area contributed by atoms with Gasteiger partial charge in [0.25, 0.3) is 0 Å². The van der Waals surface area contributed by atoms with Crippen LogP contribution in [0.3, 0.4) is 0 Å². The first kappa shape index (κ1) is 22.3. The van der Waals surface area contributed by atoms with E-state index in [1.54, 1.807) is 27.8 Å². The standard InChI is InChI=1S/C25H44/c1-6-8-10-12-14-16-18-24-20-25(23(5)21(3)22(24)4)19-17-15-13-11-9-7-2/h20H,6-19H2,1-5H3. The van der Waals surface area contributed by atoms with E-state index in [1.165, 1.54) is 89.9 Å². The molecular formula is C25H44. The molecule has 0 unspecified atom stereocenters. The molecule has 0 heteroatoms. The third-order valence-corrected chi connectivity index (χ3v) is 6.04. The number of hydrogen-bond donors (Lipinski definition) is 0. The van der Waals surface area contributed by atoms with Gasteiger partial charge in [-0.1, -0.05) is 84.1 Å². The van der Waals surface area contributed by atoms with Gasteiger partial charge in [0, 0.05) is 0 Å². The molecule has 0 nitrogen and oxygen atoms in total. The van der Waals surface area contributed by atoms with Crippen LogP contribution >= 0.6 is 0 Å². The summed E-state index contributed by atoms with van der Waals surface area (Å²) in [6.45, 7) is 11.6. The Morgan fingerprint density at radius 3 is 1.24 bits per heavy atom. The first-order valence-electron chi connectivity index (χ1n) is 11.2. The molecule has 0 fully saturated rings. The van der Waals surface area contributed by atoms with Crippen LogP contribution in [0.4, 0.5) is 0 Å². The van der Waals surface area contributed by atoms with Crippen LogP contribution in [0.15, 0.2) is 6.07 Å². The summed E-state index contributed by atoms with van der Waals surface area (Å²) in [6, 6.07) is 2.55. The van der Waals surface area contributed by atoms with E-state index in [1.807, 2.05) is 0 Å². The second-order valence-corrected chi connectivity index (χ2v) is 8.11. The van der Waals surface area contributed by atoms with Crippen LogP contribution in [0, 0.1) is 20.8 Å². The summed E-state index contributed by atoms with van der Waals surface area (Å²) in [6.07, 6.45) is 19.3. The van der Waals surface area contributed by atoms with Gasteiger partial charge in [-0.2, -0.15) is 0 Å². The minimum Gasteiger partial charge on any atom is -0.0654 e. The summed E-state index contributed by atoms with van der Waals surface area (Å²) in [7, 11) is 0. The molecule has 0 heterocycles. The SMILES string of the molecule is CCCCCCCCc1cc(CCCCCCCC)c(C)c(C)c1C. The van der Waals surface area contributed by atoms with Gasteiger partial charge in [0.2, 0.25) is 0 Å². The van der Waals surface area contributed by atoms with Crippen molar-refractivity contribution in [2.75, 3.05) is 0 Å². The van der Waals surface area contributed by atoms with Crippen molar-refractivity contribution in [3.8, 4) is 0 Å². The highest BCUT2D eigenvalue weighted by Crippen LogP contribution is 2.25. The van der Waals surface area contributed by atoms with Crippen LogP contribution in [-0.4, -0.2) is 0 Å². The Labute approximate surface area is 158 Å². The van der Waals surface area contributed by atoms with Gasteiger partial charge >= 0.3 is 0 Å². The zero-order valence-corrected chi connectivity index (χ0v) is 18.0. The van der Waals surface area contributed by atoms with Crippen molar-refractivity contribution >= 4 is 0 Å². The normalized spacial score (nSPS) is 11.2. The molecule has 0 bridgehead atoms. The molecule has 0 N–H and O–H groups in total. The van der Waals surface area contributed by atoms with Gasteiger partial charge < -0.3 is 0 Å². The molecule has 0 radical (unpaired) electrons. The maximum Gasteiger partial charge on any atom is -0.0276 e. The second kappa shape index (κ2) is 13.4. The molecular weight excluding hydrogens is 300 g/mol. The van der Waals surface area contributed by atoms with Gasteiger partial charge in [-0.05, 0) is 74.3 Å². The number of benzene rings is 1. The maximum absolute atomic E-state index is 2.55. The zero-order valence-electron chi connectivity index (χ0n) is 18.0. The summed E-state index contributed by atoms with van der Waals surface area (Å²) in [5.74, 6) is 0. The molecule has 1 aromatic carbocycles. The Hall–Kier alpha value is -0.780. The highest BCUT2D eigenvalue weighted by molar-refractivity contribution is 5.44. The van der Waals surface area contributed by atoms with E-state index in [4.69, 9.17) is 0 Å². The van der Waals surface area contributed by atoms with Crippen LogP contribution in [0.1, 0.15) is 119 Å². The lowest BCUT2D eigenvalue weighted by atomic mass is 9.89. The summed E-state index contributed by atoms with van der Waals surface area (Å²) in [4.78, 5) is 0. The highest BCUT2D eigenvalue weighted by Gasteiger charge is 2.09. The van der Waals surface area contributed by atoms with Gasteiger partial charge in [-0.3, -0.25) is 0 Å². The van der Waals surface area contributed by atoms with Crippen molar-refractivity contribution in [2.24, 2.45) is 0 Å². The summed E-state index contributed by atoms with van der Waals surface area (Å²) in [5.41, 5.74) is 7.90. The van der Waals surface area contributed by atoms with Gasteiger partial charge in [-0.25, -0.2) is 0 Å². The summed E-state index contributed by atoms with van der Waals surface area (Å²) >= 11 is 0. The molecule has 0 aliphatic heterocycles. The lowest BCUT2D eigenvalue weighted by Crippen LogP contribution is -2.01. The van der Waals surface area contributed by atoms with Crippen molar-refractivity contribution in [1.82, 2.24) is 0 Å². The molecule has 0 aliphatic carbocycles. The summed E-state index contributed by atoms with van der Waals surface area (Å²) in [5, 5.41) is 0. The number of unbranched alkanes of at least 4 members (excludes halogenated alkanes) is 10. The molecule has 25 heavy (non-hydrogen) atoms. The van der Waals surface area contributed by atoms with Gasteiger partial charge in [0.1, 0.15) is 0 Å². The molecule has 0 spiro atoms. The monoisotopic (exact) mass is 344 g/mol. The Kier molecular flexibility index (Phi) is 12.0. The predicted octanol–water partition coefficient (Wildman–Crippen LogP) is 8.42. The fourth-order valence-corrected chi connectivity index (χ4v) is 3.90. The molecule has 0 aliphatic rings. The van der Waals surface area contributed by atoms with Crippen molar-refractivity contribution in [3.63, 3.8) is 0 Å². The van der Waals surface area contributed by atoms with E-state index in [0.29, 0.717) is 0 Å². The molecule has 144 valence electrons. The fourth-order valence-electron chi connectivity index (χ4n) is 3.90. The third kappa shape index (κ3) is 8.43. The number of rotatable bonds is 14. The van der Waals surface area contributed by atoms with Crippen molar-refractivity contribution < 1.29 is 0 Å². The topological polar surface area (TPSA) is 0 Å². The fraction of sp³-hybridized carbons (Fsp3) is 0.760. The first-order chi connectivity index (χ1) is 12.1. The quantitative estimate of drug-likeness (QED) is 0.297. The Balaban J connectivity index is 2.50. The Morgan fingerprint density at radius 1 is 0.480 bits per heavy atom. The molecule has 0 aromatic heterocycles. The first-order valence-corrected chi connectivity index (χ1v) is 11.2. The average molecular weight is 345 g/mol. The predicted molar refractivity (Wildman–Crippen MR) is 115 cm³/mol. The van der Waals surface area contributed by atoms with E-state index in [-0.39, 0.29) is 0 Å². The zero-order chi connectivity index (χ0) is 18.5. The average Bonchev–Trinajstić information content (AvgIpc) is 2.62. The van der Waals surface area contributed by atoms with Gasteiger partial charge in [0.05, 0.1) is 0 Å². The van der Waals surface area contributed by atoms with Crippen LogP contribution in [-0.2, 0) is 12.8 Å². The van der Waals surface area contributed by atoms with Crippen molar-refractivity contribution in [1.29, 1.82) is 0 Å². The maximum atomic E-state index is 2.55. The summed E-state index contributed by atoms with van der Waals surface area (Å²) < 4.78 is 0. The minimum absolute atomic E-state index is 1.28. The highest BCUT2D eigenvalue weighted by atomic mass is 14.1. The molecule has 0 atom stereocenters. The Bertz CT molecular complexity index is 429. The lowest BCUT2D eigenvalue weighted by molar-refractivity contribution is 0.603. The van der Waals surface area contributed by atoms with Crippen LogP contribution in [0.25, 0.3) is 0 Å². The van der Waals surface area contributed by atoms with Crippen LogP contribution < -0.4 is 0 Å². The second-order valence-electron chi connectivity index (χ2n) is 8.11. The largest absolute Gasteiger partial charge is 0.0654 e. The van der Waals surface area contributed by atoms with E-state index < -0.39 is 0 Å². The molecule has 1 aromatic rings. The molecule has 0 saturated heterocycles. The van der Waals surface area contributed by atoms with E-state index in [0.717, 1.165) is 0 Å². The van der Waals surface area contributed by atoms with Crippen molar-refractivity contribution in [2.45, 2.75) is 125 Å².